The molecule has 0 bridgehead atoms. The van der Waals surface area contributed by atoms with Gasteiger partial charge in [-0.2, -0.15) is 0 Å². The van der Waals surface area contributed by atoms with E-state index < -0.39 is 11.7 Å². The first-order chi connectivity index (χ1) is 9.49. The first kappa shape index (κ1) is 14.7. The van der Waals surface area contributed by atoms with Crippen molar-refractivity contribution < 1.29 is 9.18 Å². The summed E-state index contributed by atoms with van der Waals surface area (Å²) in [4.78, 5) is 12.1. The SMILES string of the molecule is Cc1cccc(C(=O)NC(C)c2cccc(Br)c2)c1F. The number of hydrogen-bond donors (Lipinski definition) is 1. The van der Waals surface area contributed by atoms with E-state index in [2.05, 4.69) is 21.2 Å². The summed E-state index contributed by atoms with van der Waals surface area (Å²) in [5.74, 6) is -0.870. The van der Waals surface area contributed by atoms with E-state index in [1.807, 2.05) is 31.2 Å². The van der Waals surface area contributed by atoms with Crippen LogP contribution in [0.3, 0.4) is 0 Å². The first-order valence-corrected chi connectivity index (χ1v) is 7.10. The molecular weight excluding hydrogens is 321 g/mol. The Hall–Kier alpha value is -1.68. The van der Waals surface area contributed by atoms with Crippen LogP contribution in [-0.4, -0.2) is 5.91 Å². The third-order valence-electron chi connectivity index (χ3n) is 3.13. The van der Waals surface area contributed by atoms with Crippen LogP contribution < -0.4 is 5.32 Å². The Morgan fingerprint density at radius 2 is 1.95 bits per heavy atom. The van der Waals surface area contributed by atoms with Gasteiger partial charge in [0.2, 0.25) is 0 Å². The van der Waals surface area contributed by atoms with Crippen LogP contribution in [-0.2, 0) is 0 Å². The van der Waals surface area contributed by atoms with Gasteiger partial charge in [-0.25, -0.2) is 4.39 Å². The summed E-state index contributed by atoms with van der Waals surface area (Å²) in [6.45, 7) is 3.51. The average molecular weight is 336 g/mol. The molecule has 0 aliphatic carbocycles. The van der Waals surface area contributed by atoms with Crippen LogP contribution in [0.15, 0.2) is 46.9 Å². The lowest BCUT2D eigenvalue weighted by molar-refractivity contribution is 0.0935. The molecule has 2 aromatic carbocycles. The molecule has 0 heterocycles. The molecule has 0 radical (unpaired) electrons. The van der Waals surface area contributed by atoms with Crippen LogP contribution in [0.5, 0.6) is 0 Å². The maximum absolute atomic E-state index is 13.9. The summed E-state index contributed by atoms with van der Waals surface area (Å²) < 4.78 is 14.8. The van der Waals surface area contributed by atoms with Crippen molar-refractivity contribution in [3.63, 3.8) is 0 Å². The van der Waals surface area contributed by atoms with Gasteiger partial charge in [0.05, 0.1) is 11.6 Å². The zero-order chi connectivity index (χ0) is 14.7. The maximum atomic E-state index is 13.9. The van der Waals surface area contributed by atoms with Crippen molar-refractivity contribution in [2.45, 2.75) is 19.9 Å². The Morgan fingerprint density at radius 1 is 1.25 bits per heavy atom. The lowest BCUT2D eigenvalue weighted by Crippen LogP contribution is -2.27. The van der Waals surface area contributed by atoms with E-state index in [1.54, 1.807) is 19.1 Å². The Morgan fingerprint density at radius 3 is 2.65 bits per heavy atom. The molecule has 0 aliphatic heterocycles. The largest absolute Gasteiger partial charge is 0.345 e. The van der Waals surface area contributed by atoms with Crippen LogP contribution in [0.2, 0.25) is 0 Å². The highest BCUT2D eigenvalue weighted by Crippen LogP contribution is 2.19. The highest BCUT2D eigenvalue weighted by atomic mass is 79.9. The summed E-state index contributed by atoms with van der Waals surface area (Å²) in [7, 11) is 0. The number of amides is 1. The summed E-state index contributed by atoms with van der Waals surface area (Å²) in [5, 5.41) is 2.81. The van der Waals surface area contributed by atoms with Gasteiger partial charge >= 0.3 is 0 Å². The highest BCUT2D eigenvalue weighted by Gasteiger charge is 2.16. The Labute approximate surface area is 126 Å². The molecule has 0 saturated heterocycles. The maximum Gasteiger partial charge on any atom is 0.254 e. The van der Waals surface area contributed by atoms with Gasteiger partial charge in [0.1, 0.15) is 5.82 Å². The third-order valence-corrected chi connectivity index (χ3v) is 3.63. The van der Waals surface area contributed by atoms with E-state index in [1.165, 1.54) is 6.07 Å². The zero-order valence-corrected chi connectivity index (χ0v) is 12.9. The summed E-state index contributed by atoms with van der Waals surface area (Å²) >= 11 is 3.39. The molecule has 1 unspecified atom stereocenters. The van der Waals surface area contributed by atoms with Crippen molar-refractivity contribution in [3.8, 4) is 0 Å². The van der Waals surface area contributed by atoms with Crippen molar-refractivity contribution in [2.24, 2.45) is 0 Å². The minimum atomic E-state index is -0.466. The van der Waals surface area contributed by atoms with Gasteiger partial charge in [-0.3, -0.25) is 4.79 Å². The molecule has 20 heavy (non-hydrogen) atoms. The second-order valence-electron chi connectivity index (χ2n) is 4.69. The number of benzene rings is 2. The number of hydrogen-bond acceptors (Lipinski definition) is 1. The number of halogens is 2. The third kappa shape index (κ3) is 3.25. The fourth-order valence-electron chi connectivity index (χ4n) is 1.96. The van der Waals surface area contributed by atoms with E-state index in [0.29, 0.717) is 5.56 Å². The molecule has 1 N–H and O–H groups in total. The molecule has 1 atom stereocenters. The molecule has 4 heteroatoms. The highest BCUT2D eigenvalue weighted by molar-refractivity contribution is 9.10. The summed E-state index contributed by atoms with van der Waals surface area (Å²) in [6.07, 6.45) is 0. The number of carbonyl (C=O) groups is 1. The Balaban J connectivity index is 2.17. The zero-order valence-electron chi connectivity index (χ0n) is 11.3. The predicted molar refractivity (Wildman–Crippen MR) is 81.2 cm³/mol. The number of aryl methyl sites for hydroxylation is 1. The molecule has 0 saturated carbocycles. The molecular formula is C16H15BrFNO. The minimum Gasteiger partial charge on any atom is -0.345 e. The van der Waals surface area contributed by atoms with Crippen LogP contribution in [0.1, 0.15) is 34.5 Å². The van der Waals surface area contributed by atoms with Crippen molar-refractivity contribution in [1.82, 2.24) is 5.32 Å². The predicted octanol–water partition coefficient (Wildman–Crippen LogP) is 4.39. The average Bonchev–Trinajstić information content (AvgIpc) is 2.41. The van der Waals surface area contributed by atoms with E-state index in [9.17, 15) is 9.18 Å². The van der Waals surface area contributed by atoms with E-state index in [4.69, 9.17) is 0 Å². The number of carbonyl (C=O) groups excluding carboxylic acids is 1. The number of nitrogens with one attached hydrogen (secondary N) is 1. The molecule has 0 aliphatic rings. The topological polar surface area (TPSA) is 29.1 Å². The monoisotopic (exact) mass is 335 g/mol. The molecule has 1 amide bonds. The van der Waals surface area contributed by atoms with E-state index >= 15 is 0 Å². The smallest absolute Gasteiger partial charge is 0.254 e. The van der Waals surface area contributed by atoms with Crippen molar-refractivity contribution in [3.05, 3.63) is 69.4 Å². The van der Waals surface area contributed by atoms with E-state index in [0.717, 1.165) is 10.0 Å². The van der Waals surface area contributed by atoms with Crippen LogP contribution in [0.25, 0.3) is 0 Å². The van der Waals surface area contributed by atoms with Crippen LogP contribution in [0, 0.1) is 12.7 Å². The van der Waals surface area contributed by atoms with Crippen molar-refractivity contribution in [1.29, 1.82) is 0 Å². The summed E-state index contributed by atoms with van der Waals surface area (Å²) in [5.41, 5.74) is 1.50. The Kier molecular flexibility index (Phi) is 4.55. The van der Waals surface area contributed by atoms with Gasteiger partial charge in [-0.05, 0) is 43.2 Å². The minimum absolute atomic E-state index is 0.0758. The lowest BCUT2D eigenvalue weighted by Gasteiger charge is -2.15. The summed E-state index contributed by atoms with van der Waals surface area (Å²) in [6, 6.07) is 12.3. The molecule has 0 aromatic heterocycles. The lowest BCUT2D eigenvalue weighted by atomic mass is 10.1. The molecule has 0 spiro atoms. The molecule has 2 rings (SSSR count). The fraction of sp³-hybridized carbons (Fsp3) is 0.188. The van der Waals surface area contributed by atoms with Gasteiger partial charge in [-0.15, -0.1) is 0 Å². The second-order valence-corrected chi connectivity index (χ2v) is 5.60. The van der Waals surface area contributed by atoms with Crippen molar-refractivity contribution >= 4 is 21.8 Å². The second kappa shape index (κ2) is 6.18. The molecule has 2 nitrogen and oxygen atoms in total. The van der Waals surface area contributed by atoms with Crippen LogP contribution >= 0.6 is 15.9 Å². The van der Waals surface area contributed by atoms with Gasteiger partial charge in [0, 0.05) is 4.47 Å². The van der Waals surface area contributed by atoms with Gasteiger partial charge < -0.3 is 5.32 Å². The van der Waals surface area contributed by atoms with Gasteiger partial charge in [0.25, 0.3) is 5.91 Å². The Bertz CT molecular complexity index is 642. The van der Waals surface area contributed by atoms with E-state index in [-0.39, 0.29) is 11.6 Å². The van der Waals surface area contributed by atoms with Gasteiger partial charge in [0.15, 0.2) is 0 Å². The molecule has 2 aromatic rings. The van der Waals surface area contributed by atoms with Crippen molar-refractivity contribution in [2.75, 3.05) is 0 Å². The van der Waals surface area contributed by atoms with Gasteiger partial charge in [-0.1, -0.05) is 40.2 Å². The first-order valence-electron chi connectivity index (χ1n) is 6.30. The molecule has 0 fully saturated rings. The normalized spacial score (nSPS) is 12.0. The fourth-order valence-corrected chi connectivity index (χ4v) is 2.37. The quantitative estimate of drug-likeness (QED) is 0.885. The standard InChI is InChI=1S/C16H15BrFNO/c1-10-5-3-8-14(15(10)18)16(20)19-11(2)12-6-4-7-13(17)9-12/h3-9,11H,1-2H3,(H,19,20). The number of rotatable bonds is 3. The molecule has 104 valence electrons. The van der Waals surface area contributed by atoms with Crippen LogP contribution in [0.4, 0.5) is 4.39 Å².